The van der Waals surface area contributed by atoms with Crippen molar-refractivity contribution in [3.63, 3.8) is 0 Å². The largest absolute Gasteiger partial charge is 0.497 e. The molecule has 192 valence electrons. The number of amides is 2. The molecule has 1 heterocycles. The maximum Gasteiger partial charge on any atom is 0.253 e. The van der Waals surface area contributed by atoms with E-state index in [1.165, 1.54) is 0 Å². The van der Waals surface area contributed by atoms with Gasteiger partial charge in [0.2, 0.25) is 5.91 Å². The van der Waals surface area contributed by atoms with Gasteiger partial charge < -0.3 is 20.1 Å². The fourth-order valence-corrected chi connectivity index (χ4v) is 5.41. The highest BCUT2D eigenvalue weighted by atomic mass is 16.5. The van der Waals surface area contributed by atoms with Crippen LogP contribution in [0.5, 0.6) is 5.75 Å². The van der Waals surface area contributed by atoms with E-state index in [0.29, 0.717) is 17.5 Å². The van der Waals surface area contributed by atoms with E-state index in [9.17, 15) is 9.59 Å². The van der Waals surface area contributed by atoms with Crippen LogP contribution in [0.2, 0.25) is 0 Å². The van der Waals surface area contributed by atoms with Gasteiger partial charge in [-0.15, -0.1) is 0 Å². The molecule has 2 N–H and O–H groups in total. The van der Waals surface area contributed by atoms with Crippen molar-refractivity contribution in [2.24, 2.45) is 5.73 Å². The Morgan fingerprint density at radius 2 is 1.73 bits per heavy atom. The van der Waals surface area contributed by atoms with Crippen LogP contribution in [-0.4, -0.2) is 75.2 Å². The Bertz CT molecular complexity index is 1330. The van der Waals surface area contributed by atoms with Crippen LogP contribution >= 0.6 is 0 Å². The van der Waals surface area contributed by atoms with Gasteiger partial charge in [-0.05, 0) is 82.6 Å². The predicted molar refractivity (Wildman–Crippen MR) is 144 cm³/mol. The molecule has 0 bridgehead atoms. The van der Waals surface area contributed by atoms with E-state index < -0.39 is 5.91 Å². The number of nitrogens with zero attached hydrogens (tertiary/aromatic N) is 2. The zero-order chi connectivity index (χ0) is 25.9. The molecule has 0 atom stereocenters. The van der Waals surface area contributed by atoms with E-state index in [2.05, 4.69) is 11.0 Å². The first-order chi connectivity index (χ1) is 18.0. The molecule has 1 aliphatic heterocycles. The van der Waals surface area contributed by atoms with Gasteiger partial charge in [0.1, 0.15) is 5.75 Å². The number of benzene rings is 3. The van der Waals surface area contributed by atoms with E-state index >= 15 is 0 Å². The average molecular weight is 500 g/mol. The first-order valence-electron chi connectivity index (χ1n) is 12.7. The third-order valence-corrected chi connectivity index (χ3v) is 7.41. The first kappa shape index (κ1) is 25.0. The van der Waals surface area contributed by atoms with Gasteiger partial charge in [0.05, 0.1) is 7.11 Å². The van der Waals surface area contributed by atoms with E-state index in [0.717, 1.165) is 84.9 Å². The molecule has 37 heavy (non-hydrogen) atoms. The molecule has 7 nitrogen and oxygen atoms in total. The molecule has 2 amide bonds. The van der Waals surface area contributed by atoms with E-state index in [4.69, 9.17) is 15.2 Å². The van der Waals surface area contributed by atoms with Gasteiger partial charge in [-0.25, -0.2) is 0 Å². The highest BCUT2D eigenvalue weighted by Gasteiger charge is 2.27. The van der Waals surface area contributed by atoms with Crippen LogP contribution in [0.15, 0.2) is 54.6 Å². The Balaban J connectivity index is 1.39. The molecule has 3 aromatic rings. The van der Waals surface area contributed by atoms with Crippen LogP contribution in [0, 0.1) is 0 Å². The maximum atomic E-state index is 13.3. The Kier molecular flexibility index (Phi) is 7.26. The molecule has 0 unspecified atom stereocenters. The molecular weight excluding hydrogens is 466 g/mol. The average Bonchev–Trinajstić information content (AvgIpc) is 3.30. The lowest BCUT2D eigenvalue weighted by molar-refractivity contribution is 0.0624. The second-order valence-electron chi connectivity index (χ2n) is 9.68. The second kappa shape index (κ2) is 10.7. The number of piperazine rings is 1. The molecular formula is C30H33N3O4. The van der Waals surface area contributed by atoms with Crippen molar-refractivity contribution in [2.75, 3.05) is 53.6 Å². The molecule has 5 rings (SSSR count). The number of methoxy groups -OCH3 is 2. The Hall–Kier alpha value is -3.68. The van der Waals surface area contributed by atoms with E-state index in [1.807, 2.05) is 53.4 Å². The van der Waals surface area contributed by atoms with Crippen LogP contribution in [0.25, 0.3) is 22.3 Å². The zero-order valence-corrected chi connectivity index (χ0v) is 21.5. The minimum Gasteiger partial charge on any atom is -0.497 e. The standard InChI is InChI=1S/C30H33N3O4/c1-36-14-4-9-32-10-12-33(13-11-32)30(35)21-7-8-25-23(15-21)19-27-26(25)17-22(18-28(27)29(31)34)20-5-3-6-24(16-20)37-2/h3,5-8,15-18H,4,9-14,19H2,1-2H3,(H2,31,34). The third-order valence-electron chi connectivity index (χ3n) is 7.41. The smallest absolute Gasteiger partial charge is 0.253 e. The number of rotatable bonds is 8. The van der Waals surface area contributed by atoms with Crippen LogP contribution in [0.3, 0.4) is 0 Å². The van der Waals surface area contributed by atoms with Crippen molar-refractivity contribution in [2.45, 2.75) is 12.8 Å². The van der Waals surface area contributed by atoms with Crippen LogP contribution in [0.1, 0.15) is 38.3 Å². The number of carbonyl (C=O) groups excluding carboxylic acids is 2. The summed E-state index contributed by atoms with van der Waals surface area (Å²) in [7, 11) is 3.36. The highest BCUT2D eigenvalue weighted by molar-refractivity contribution is 6.01. The van der Waals surface area contributed by atoms with Crippen LogP contribution in [0.4, 0.5) is 0 Å². The summed E-state index contributed by atoms with van der Waals surface area (Å²) in [5, 5.41) is 0. The fraction of sp³-hybridized carbons (Fsp3) is 0.333. The minimum atomic E-state index is -0.450. The van der Waals surface area contributed by atoms with Gasteiger partial charge in [0, 0.05) is 57.6 Å². The number of nitrogens with two attached hydrogens (primary N) is 1. The van der Waals surface area contributed by atoms with Crippen LogP contribution < -0.4 is 10.5 Å². The summed E-state index contributed by atoms with van der Waals surface area (Å²) in [6, 6.07) is 17.6. The quantitative estimate of drug-likeness (QED) is 0.373. The van der Waals surface area contributed by atoms with Gasteiger partial charge >= 0.3 is 0 Å². The molecule has 0 saturated carbocycles. The van der Waals surface area contributed by atoms with Crippen molar-refractivity contribution >= 4 is 11.8 Å². The molecule has 0 spiro atoms. The lowest BCUT2D eigenvalue weighted by Gasteiger charge is -2.34. The molecule has 0 aromatic heterocycles. The molecule has 0 radical (unpaired) electrons. The Morgan fingerprint density at radius 1 is 0.919 bits per heavy atom. The summed E-state index contributed by atoms with van der Waals surface area (Å²) in [6.45, 7) is 4.95. The number of fused-ring (bicyclic) bond motifs is 3. The van der Waals surface area contributed by atoms with Crippen molar-refractivity contribution in [3.05, 3.63) is 76.9 Å². The summed E-state index contributed by atoms with van der Waals surface area (Å²) < 4.78 is 10.5. The van der Waals surface area contributed by atoms with E-state index in [-0.39, 0.29) is 5.91 Å². The summed E-state index contributed by atoms with van der Waals surface area (Å²) in [5.41, 5.74) is 12.9. The predicted octanol–water partition coefficient (Wildman–Crippen LogP) is 3.83. The highest BCUT2D eigenvalue weighted by Crippen LogP contribution is 2.42. The zero-order valence-electron chi connectivity index (χ0n) is 21.5. The number of ether oxygens (including phenoxy) is 2. The van der Waals surface area contributed by atoms with Crippen molar-refractivity contribution in [1.29, 1.82) is 0 Å². The number of hydrogen-bond donors (Lipinski definition) is 1. The lowest BCUT2D eigenvalue weighted by atomic mass is 9.94. The molecule has 7 heteroatoms. The van der Waals surface area contributed by atoms with Gasteiger partial charge in [0.25, 0.3) is 5.91 Å². The Morgan fingerprint density at radius 3 is 2.46 bits per heavy atom. The number of primary amides is 1. The fourth-order valence-electron chi connectivity index (χ4n) is 5.41. The van der Waals surface area contributed by atoms with Crippen molar-refractivity contribution in [3.8, 4) is 28.0 Å². The molecule has 2 aliphatic rings. The topological polar surface area (TPSA) is 85.1 Å². The summed E-state index contributed by atoms with van der Waals surface area (Å²) >= 11 is 0. The van der Waals surface area contributed by atoms with Crippen molar-refractivity contribution < 1.29 is 19.1 Å². The third kappa shape index (κ3) is 5.10. The molecule has 1 fully saturated rings. The summed E-state index contributed by atoms with van der Waals surface area (Å²) in [5.74, 6) is 0.356. The van der Waals surface area contributed by atoms with Gasteiger partial charge in [0.15, 0.2) is 0 Å². The number of hydrogen-bond acceptors (Lipinski definition) is 5. The molecule has 1 saturated heterocycles. The van der Waals surface area contributed by atoms with Gasteiger partial charge in [-0.3, -0.25) is 14.5 Å². The van der Waals surface area contributed by atoms with Crippen LogP contribution in [-0.2, 0) is 11.2 Å². The first-order valence-corrected chi connectivity index (χ1v) is 12.7. The Labute approximate surface area is 217 Å². The molecule has 3 aromatic carbocycles. The summed E-state index contributed by atoms with van der Waals surface area (Å²) in [6.07, 6.45) is 1.58. The SMILES string of the molecule is COCCCN1CCN(C(=O)c2ccc3c(c2)Cc2c(C(N)=O)cc(-c4cccc(OC)c4)cc2-3)CC1. The van der Waals surface area contributed by atoms with Gasteiger partial charge in [-0.2, -0.15) is 0 Å². The second-order valence-corrected chi connectivity index (χ2v) is 9.68. The summed E-state index contributed by atoms with van der Waals surface area (Å²) in [4.78, 5) is 30.1. The number of carbonyl (C=O) groups is 2. The van der Waals surface area contributed by atoms with Crippen molar-refractivity contribution in [1.82, 2.24) is 9.80 Å². The molecule has 1 aliphatic carbocycles. The minimum absolute atomic E-state index is 0.0579. The lowest BCUT2D eigenvalue weighted by Crippen LogP contribution is -2.49. The monoisotopic (exact) mass is 499 g/mol. The van der Waals surface area contributed by atoms with E-state index in [1.54, 1.807) is 14.2 Å². The maximum absolute atomic E-state index is 13.3. The normalized spacial score (nSPS) is 14.8. The van der Waals surface area contributed by atoms with Gasteiger partial charge in [-0.1, -0.05) is 18.2 Å².